The Labute approximate surface area is 70.9 Å². The van der Waals surface area contributed by atoms with Crippen LogP contribution < -0.4 is 0 Å². The first kappa shape index (κ1) is 9.88. The van der Waals surface area contributed by atoms with Gasteiger partial charge in [0.05, 0.1) is 6.61 Å². The van der Waals surface area contributed by atoms with Crippen molar-refractivity contribution in [2.24, 2.45) is 0 Å². The highest BCUT2D eigenvalue weighted by Crippen LogP contribution is 2.18. The minimum absolute atomic E-state index is 0.0690. The van der Waals surface area contributed by atoms with Gasteiger partial charge in [-0.05, 0) is 0 Å². The number of ether oxygens (including phenoxy) is 3. The van der Waals surface area contributed by atoms with Gasteiger partial charge in [0, 0.05) is 14.2 Å². The molecule has 1 fully saturated rings. The fourth-order valence-electron chi connectivity index (χ4n) is 1.22. The Bertz CT molecular complexity index is 138. The number of aliphatic hydroxyl groups excluding tert-OH is 2. The van der Waals surface area contributed by atoms with Crippen LogP contribution in [0.1, 0.15) is 0 Å². The standard InChI is InChI=1S/C7H14O5/c1-10-6-5(9)4(8)3-12-7(6)11-2/h4-9H,3H2,1-2H3/t4-,5+,6-,7+/m1/s1. The topological polar surface area (TPSA) is 68.2 Å². The molecular weight excluding hydrogens is 164 g/mol. The Balaban J connectivity index is 2.58. The van der Waals surface area contributed by atoms with Gasteiger partial charge in [-0.2, -0.15) is 0 Å². The zero-order chi connectivity index (χ0) is 9.14. The minimum Gasteiger partial charge on any atom is -0.388 e. The van der Waals surface area contributed by atoms with Crippen molar-refractivity contribution in [1.82, 2.24) is 0 Å². The molecule has 1 rings (SSSR count). The Kier molecular flexibility index (Phi) is 3.42. The monoisotopic (exact) mass is 178 g/mol. The number of rotatable bonds is 2. The molecule has 1 heterocycles. The highest BCUT2D eigenvalue weighted by molar-refractivity contribution is 4.83. The van der Waals surface area contributed by atoms with E-state index in [0.717, 1.165) is 0 Å². The van der Waals surface area contributed by atoms with Crippen LogP contribution in [0.2, 0.25) is 0 Å². The Morgan fingerprint density at radius 3 is 2.42 bits per heavy atom. The predicted octanol–water partition coefficient (Wildman–Crippen LogP) is -1.27. The van der Waals surface area contributed by atoms with Gasteiger partial charge in [0.1, 0.15) is 18.3 Å². The molecule has 5 heteroatoms. The maximum atomic E-state index is 9.40. The highest BCUT2D eigenvalue weighted by Gasteiger charge is 2.38. The quantitative estimate of drug-likeness (QED) is 0.551. The summed E-state index contributed by atoms with van der Waals surface area (Å²) < 4.78 is 14.9. The largest absolute Gasteiger partial charge is 0.388 e. The van der Waals surface area contributed by atoms with Crippen LogP contribution in [0.15, 0.2) is 0 Å². The Morgan fingerprint density at radius 2 is 1.92 bits per heavy atom. The predicted molar refractivity (Wildman–Crippen MR) is 39.6 cm³/mol. The summed E-state index contributed by atoms with van der Waals surface area (Å²) in [6.07, 6.45) is -3.08. The average Bonchev–Trinajstić information content (AvgIpc) is 2.09. The van der Waals surface area contributed by atoms with Crippen molar-refractivity contribution in [3.05, 3.63) is 0 Å². The van der Waals surface area contributed by atoms with Gasteiger partial charge in [-0.3, -0.25) is 0 Å². The lowest BCUT2D eigenvalue weighted by Crippen LogP contribution is -2.54. The first-order chi connectivity index (χ1) is 5.70. The van der Waals surface area contributed by atoms with Gasteiger partial charge in [-0.15, -0.1) is 0 Å². The zero-order valence-electron chi connectivity index (χ0n) is 7.14. The van der Waals surface area contributed by atoms with Gasteiger partial charge in [0.15, 0.2) is 6.29 Å². The fourth-order valence-corrected chi connectivity index (χ4v) is 1.22. The lowest BCUT2D eigenvalue weighted by molar-refractivity contribution is -0.268. The molecule has 0 spiro atoms. The molecule has 5 nitrogen and oxygen atoms in total. The third-order valence-corrected chi connectivity index (χ3v) is 1.93. The summed E-state index contributed by atoms with van der Waals surface area (Å²) in [6.45, 7) is 0.0690. The van der Waals surface area contributed by atoms with Gasteiger partial charge in [0.25, 0.3) is 0 Å². The molecule has 0 bridgehead atoms. The maximum absolute atomic E-state index is 9.40. The molecule has 0 aliphatic carbocycles. The zero-order valence-corrected chi connectivity index (χ0v) is 7.14. The van der Waals surface area contributed by atoms with Crippen LogP contribution in [0.3, 0.4) is 0 Å². The summed E-state index contributed by atoms with van der Waals surface area (Å²) in [5.41, 5.74) is 0. The molecule has 4 atom stereocenters. The Hall–Kier alpha value is -0.200. The van der Waals surface area contributed by atoms with E-state index in [9.17, 15) is 10.2 Å². The lowest BCUT2D eigenvalue weighted by Gasteiger charge is -2.36. The van der Waals surface area contributed by atoms with Crippen LogP contribution in [0.4, 0.5) is 0 Å². The van der Waals surface area contributed by atoms with E-state index in [4.69, 9.17) is 14.2 Å². The molecule has 72 valence electrons. The third-order valence-electron chi connectivity index (χ3n) is 1.93. The molecular formula is C7H14O5. The van der Waals surface area contributed by atoms with Crippen molar-refractivity contribution in [3.63, 3.8) is 0 Å². The van der Waals surface area contributed by atoms with Gasteiger partial charge < -0.3 is 24.4 Å². The summed E-state index contributed by atoms with van der Waals surface area (Å²) in [5, 5.41) is 18.6. The number of hydrogen-bond donors (Lipinski definition) is 2. The first-order valence-corrected chi connectivity index (χ1v) is 3.74. The number of aliphatic hydroxyl groups is 2. The second kappa shape index (κ2) is 4.15. The van der Waals surface area contributed by atoms with Crippen LogP contribution in [-0.2, 0) is 14.2 Å². The minimum atomic E-state index is -0.950. The van der Waals surface area contributed by atoms with E-state index in [1.165, 1.54) is 14.2 Å². The third kappa shape index (κ3) is 1.75. The van der Waals surface area contributed by atoms with Crippen molar-refractivity contribution in [2.75, 3.05) is 20.8 Å². The molecule has 0 aromatic rings. The molecule has 1 aliphatic heterocycles. The summed E-state index contributed by atoms with van der Waals surface area (Å²) in [4.78, 5) is 0. The van der Waals surface area contributed by atoms with Crippen molar-refractivity contribution in [2.45, 2.75) is 24.6 Å². The van der Waals surface area contributed by atoms with Crippen molar-refractivity contribution >= 4 is 0 Å². The van der Waals surface area contributed by atoms with E-state index < -0.39 is 24.6 Å². The molecule has 1 aliphatic rings. The fraction of sp³-hybridized carbons (Fsp3) is 1.00. The maximum Gasteiger partial charge on any atom is 0.186 e. The van der Waals surface area contributed by atoms with Crippen LogP contribution in [-0.4, -0.2) is 55.6 Å². The summed E-state index contributed by atoms with van der Waals surface area (Å²) >= 11 is 0. The van der Waals surface area contributed by atoms with E-state index >= 15 is 0 Å². The lowest BCUT2D eigenvalue weighted by atomic mass is 10.1. The van der Waals surface area contributed by atoms with E-state index in [0.29, 0.717) is 0 Å². The van der Waals surface area contributed by atoms with Crippen LogP contribution in [0, 0.1) is 0 Å². The molecule has 0 radical (unpaired) electrons. The van der Waals surface area contributed by atoms with Gasteiger partial charge in [-0.1, -0.05) is 0 Å². The van der Waals surface area contributed by atoms with E-state index in [2.05, 4.69) is 0 Å². The highest BCUT2D eigenvalue weighted by atomic mass is 16.7. The molecule has 12 heavy (non-hydrogen) atoms. The summed E-state index contributed by atoms with van der Waals surface area (Å²) in [6, 6.07) is 0. The molecule has 2 N–H and O–H groups in total. The summed E-state index contributed by atoms with van der Waals surface area (Å²) in [7, 11) is 2.89. The van der Waals surface area contributed by atoms with E-state index in [-0.39, 0.29) is 6.61 Å². The Morgan fingerprint density at radius 1 is 1.25 bits per heavy atom. The SMILES string of the molecule is CO[C@H]1OC[C@@H](O)[C@H](O)[C@H]1OC. The van der Waals surface area contributed by atoms with Gasteiger partial charge in [0.2, 0.25) is 0 Å². The van der Waals surface area contributed by atoms with E-state index in [1.54, 1.807) is 0 Å². The summed E-state index contributed by atoms with van der Waals surface area (Å²) in [5.74, 6) is 0. The smallest absolute Gasteiger partial charge is 0.186 e. The van der Waals surface area contributed by atoms with Crippen LogP contribution in [0.25, 0.3) is 0 Å². The van der Waals surface area contributed by atoms with Crippen molar-refractivity contribution in [1.29, 1.82) is 0 Å². The van der Waals surface area contributed by atoms with Crippen LogP contribution >= 0.6 is 0 Å². The van der Waals surface area contributed by atoms with Crippen molar-refractivity contribution < 1.29 is 24.4 Å². The molecule has 0 saturated carbocycles. The average molecular weight is 178 g/mol. The normalized spacial score (nSPS) is 43.0. The number of methoxy groups -OCH3 is 2. The molecule has 1 saturated heterocycles. The molecule has 0 amide bonds. The number of hydrogen-bond acceptors (Lipinski definition) is 5. The van der Waals surface area contributed by atoms with Crippen LogP contribution in [0.5, 0.6) is 0 Å². The molecule has 0 aromatic carbocycles. The second-order valence-corrected chi connectivity index (χ2v) is 2.70. The first-order valence-electron chi connectivity index (χ1n) is 3.74. The van der Waals surface area contributed by atoms with Crippen molar-refractivity contribution in [3.8, 4) is 0 Å². The molecule has 0 unspecified atom stereocenters. The second-order valence-electron chi connectivity index (χ2n) is 2.70. The molecule has 0 aromatic heterocycles. The van der Waals surface area contributed by atoms with E-state index in [1.807, 2.05) is 0 Å². The van der Waals surface area contributed by atoms with Gasteiger partial charge in [-0.25, -0.2) is 0 Å². The van der Waals surface area contributed by atoms with Gasteiger partial charge >= 0.3 is 0 Å².